The number of nitrogens with zero attached hydrogens (tertiary/aromatic N) is 1. The number of hydrogen-bond donors (Lipinski definition) is 2. The number of benzene rings is 1. The number of amides is 2. The molecule has 30 heavy (non-hydrogen) atoms. The molecule has 6 nitrogen and oxygen atoms in total. The standard InChI is InChI=1S/C21H18FN3O3S2/c22-14-3-4-17-16(10-14)13(12-24-17)5-7-23-19(26)6-8-25-20(27)18(30-21(25)29)11-15-2-1-9-28-15/h1-4,9-12,24H,5-8H2,(H,23,26)/b18-11-. The van der Waals surface area contributed by atoms with Gasteiger partial charge in [0.15, 0.2) is 0 Å². The van der Waals surface area contributed by atoms with Crippen LogP contribution in [0.5, 0.6) is 0 Å². The van der Waals surface area contributed by atoms with E-state index in [-0.39, 0.29) is 30.6 Å². The van der Waals surface area contributed by atoms with Gasteiger partial charge in [-0.25, -0.2) is 4.39 Å². The van der Waals surface area contributed by atoms with E-state index in [4.69, 9.17) is 16.6 Å². The fourth-order valence-electron chi connectivity index (χ4n) is 3.19. The van der Waals surface area contributed by atoms with Crippen LogP contribution in [0.15, 0.2) is 52.1 Å². The number of carbonyl (C=O) groups is 2. The summed E-state index contributed by atoms with van der Waals surface area (Å²) in [7, 11) is 0. The number of aromatic nitrogens is 1. The van der Waals surface area contributed by atoms with Crippen molar-refractivity contribution in [3.8, 4) is 0 Å². The van der Waals surface area contributed by atoms with Gasteiger partial charge in [0, 0.05) is 42.7 Å². The van der Waals surface area contributed by atoms with Gasteiger partial charge in [0.2, 0.25) is 5.91 Å². The van der Waals surface area contributed by atoms with Gasteiger partial charge in [0.05, 0.1) is 11.2 Å². The van der Waals surface area contributed by atoms with E-state index in [0.29, 0.717) is 28.0 Å². The van der Waals surface area contributed by atoms with E-state index in [1.165, 1.54) is 35.1 Å². The largest absolute Gasteiger partial charge is 0.465 e. The van der Waals surface area contributed by atoms with Crippen LogP contribution in [-0.4, -0.2) is 39.1 Å². The Kier molecular flexibility index (Phi) is 6.01. The van der Waals surface area contributed by atoms with E-state index in [9.17, 15) is 14.0 Å². The molecule has 0 radical (unpaired) electrons. The first-order chi connectivity index (χ1) is 14.5. The van der Waals surface area contributed by atoms with Crippen molar-refractivity contribution in [2.24, 2.45) is 0 Å². The normalized spacial score (nSPS) is 15.5. The maximum Gasteiger partial charge on any atom is 0.266 e. The number of nitrogens with one attached hydrogen (secondary N) is 2. The summed E-state index contributed by atoms with van der Waals surface area (Å²) in [6, 6.07) is 8.07. The monoisotopic (exact) mass is 443 g/mol. The van der Waals surface area contributed by atoms with Gasteiger partial charge in [-0.1, -0.05) is 24.0 Å². The van der Waals surface area contributed by atoms with Crippen LogP contribution in [0, 0.1) is 5.82 Å². The maximum absolute atomic E-state index is 13.5. The number of fused-ring (bicyclic) bond motifs is 1. The molecule has 3 aromatic rings. The molecule has 0 aliphatic carbocycles. The topological polar surface area (TPSA) is 78.3 Å². The molecule has 0 atom stereocenters. The molecule has 1 aromatic carbocycles. The van der Waals surface area contributed by atoms with E-state index in [1.54, 1.807) is 24.3 Å². The van der Waals surface area contributed by atoms with E-state index in [2.05, 4.69) is 10.3 Å². The van der Waals surface area contributed by atoms with E-state index >= 15 is 0 Å². The van der Waals surface area contributed by atoms with Crippen LogP contribution >= 0.6 is 24.0 Å². The number of aromatic amines is 1. The molecular weight excluding hydrogens is 425 g/mol. The van der Waals surface area contributed by atoms with Crippen LogP contribution in [0.4, 0.5) is 4.39 Å². The van der Waals surface area contributed by atoms with Crippen LogP contribution in [0.25, 0.3) is 17.0 Å². The first-order valence-corrected chi connectivity index (χ1v) is 10.5. The van der Waals surface area contributed by atoms with Gasteiger partial charge >= 0.3 is 0 Å². The third kappa shape index (κ3) is 4.47. The molecule has 2 aromatic heterocycles. The lowest BCUT2D eigenvalue weighted by molar-refractivity contribution is -0.123. The Morgan fingerprint density at radius 2 is 2.23 bits per heavy atom. The summed E-state index contributed by atoms with van der Waals surface area (Å²) in [6.07, 6.45) is 5.71. The average Bonchev–Trinajstić information content (AvgIpc) is 3.42. The highest BCUT2D eigenvalue weighted by Gasteiger charge is 2.32. The zero-order valence-corrected chi connectivity index (χ0v) is 17.4. The van der Waals surface area contributed by atoms with Crippen LogP contribution in [0.1, 0.15) is 17.7 Å². The van der Waals surface area contributed by atoms with Crippen LogP contribution in [-0.2, 0) is 16.0 Å². The third-order valence-electron chi connectivity index (χ3n) is 4.70. The minimum atomic E-state index is -0.294. The quantitative estimate of drug-likeness (QED) is 0.428. The smallest absolute Gasteiger partial charge is 0.266 e. The second-order valence-electron chi connectivity index (χ2n) is 6.70. The Bertz CT molecular complexity index is 1140. The molecule has 1 aliphatic rings. The Morgan fingerprint density at radius 1 is 1.37 bits per heavy atom. The Morgan fingerprint density at radius 3 is 3.03 bits per heavy atom. The van der Waals surface area contributed by atoms with Crippen LogP contribution < -0.4 is 5.32 Å². The van der Waals surface area contributed by atoms with Crippen molar-refractivity contribution < 1.29 is 18.4 Å². The average molecular weight is 444 g/mol. The highest BCUT2D eigenvalue weighted by atomic mass is 32.2. The molecule has 1 saturated heterocycles. The summed E-state index contributed by atoms with van der Waals surface area (Å²) >= 11 is 6.46. The lowest BCUT2D eigenvalue weighted by Gasteiger charge is -2.14. The molecule has 3 heterocycles. The number of thiocarbonyl (C=S) groups is 1. The van der Waals surface area contributed by atoms with Crippen molar-refractivity contribution in [2.45, 2.75) is 12.8 Å². The molecule has 0 unspecified atom stereocenters. The fraction of sp³-hybridized carbons (Fsp3) is 0.190. The molecule has 4 rings (SSSR count). The molecule has 1 aliphatic heterocycles. The zero-order valence-electron chi connectivity index (χ0n) is 15.8. The zero-order chi connectivity index (χ0) is 21.1. The summed E-state index contributed by atoms with van der Waals surface area (Å²) < 4.78 is 19.1. The summed E-state index contributed by atoms with van der Waals surface area (Å²) in [5.41, 5.74) is 1.79. The highest BCUT2D eigenvalue weighted by Crippen LogP contribution is 2.32. The molecule has 154 valence electrons. The summed E-state index contributed by atoms with van der Waals surface area (Å²) in [4.78, 5) is 29.7. The first-order valence-electron chi connectivity index (χ1n) is 9.32. The second-order valence-corrected chi connectivity index (χ2v) is 8.38. The molecule has 9 heteroatoms. The fourth-order valence-corrected chi connectivity index (χ4v) is 4.48. The molecule has 0 saturated carbocycles. The van der Waals surface area contributed by atoms with Gasteiger partial charge in [-0.05, 0) is 42.3 Å². The number of rotatable bonds is 7. The van der Waals surface area contributed by atoms with E-state index < -0.39 is 0 Å². The van der Waals surface area contributed by atoms with Crippen LogP contribution in [0.2, 0.25) is 0 Å². The number of halogens is 1. The Labute approximate surface area is 181 Å². The molecule has 0 spiro atoms. The number of furan rings is 1. The van der Waals surface area contributed by atoms with Gasteiger partial charge in [-0.15, -0.1) is 0 Å². The first kappa shape index (κ1) is 20.4. The van der Waals surface area contributed by atoms with Gasteiger partial charge in [-0.2, -0.15) is 0 Å². The van der Waals surface area contributed by atoms with Crippen molar-refractivity contribution in [1.29, 1.82) is 0 Å². The van der Waals surface area contributed by atoms with Gasteiger partial charge in [0.25, 0.3) is 5.91 Å². The Balaban J connectivity index is 1.27. The molecule has 2 amide bonds. The minimum Gasteiger partial charge on any atom is -0.465 e. The summed E-state index contributed by atoms with van der Waals surface area (Å²) in [6.45, 7) is 0.628. The predicted octanol–water partition coefficient (Wildman–Crippen LogP) is 3.85. The van der Waals surface area contributed by atoms with Crippen molar-refractivity contribution >= 4 is 57.1 Å². The third-order valence-corrected chi connectivity index (χ3v) is 6.08. The van der Waals surface area contributed by atoms with Crippen molar-refractivity contribution in [1.82, 2.24) is 15.2 Å². The van der Waals surface area contributed by atoms with Crippen molar-refractivity contribution in [2.75, 3.05) is 13.1 Å². The summed E-state index contributed by atoms with van der Waals surface area (Å²) in [5, 5.41) is 3.65. The highest BCUT2D eigenvalue weighted by molar-refractivity contribution is 8.26. The molecule has 1 fully saturated rings. The SMILES string of the molecule is O=C(CCN1C(=O)/C(=C/c2ccco2)SC1=S)NCCc1c[nH]c2ccc(F)cc12. The lowest BCUT2D eigenvalue weighted by atomic mass is 10.1. The van der Waals surface area contributed by atoms with E-state index in [0.717, 1.165) is 16.5 Å². The van der Waals surface area contributed by atoms with E-state index in [1.807, 2.05) is 6.20 Å². The van der Waals surface area contributed by atoms with Gasteiger partial charge < -0.3 is 14.7 Å². The maximum atomic E-state index is 13.5. The van der Waals surface area contributed by atoms with Crippen LogP contribution in [0.3, 0.4) is 0 Å². The molecular formula is C21H18FN3O3S2. The number of hydrogen-bond acceptors (Lipinski definition) is 5. The Hall–Kier alpha value is -2.91. The van der Waals surface area contributed by atoms with Crippen molar-refractivity contribution in [3.05, 3.63) is 64.8 Å². The van der Waals surface area contributed by atoms with Gasteiger partial charge in [0.1, 0.15) is 15.9 Å². The number of carbonyl (C=O) groups excluding carboxylic acids is 2. The molecule has 2 N–H and O–H groups in total. The summed E-state index contributed by atoms with van der Waals surface area (Å²) in [5.74, 6) is -0.123. The number of thioether (sulfide) groups is 1. The predicted molar refractivity (Wildman–Crippen MR) is 118 cm³/mol. The lowest BCUT2D eigenvalue weighted by Crippen LogP contribution is -2.34. The minimum absolute atomic E-state index is 0.142. The van der Waals surface area contributed by atoms with Gasteiger partial charge in [-0.3, -0.25) is 14.5 Å². The second kappa shape index (κ2) is 8.85. The molecule has 0 bridgehead atoms. The number of H-pyrrole nitrogens is 1. The van der Waals surface area contributed by atoms with Crippen molar-refractivity contribution in [3.63, 3.8) is 0 Å².